The topological polar surface area (TPSA) is 61.2 Å². The minimum absolute atomic E-state index is 0.127. The van der Waals surface area contributed by atoms with Gasteiger partial charge in [0.25, 0.3) is 0 Å². The van der Waals surface area contributed by atoms with Crippen molar-refractivity contribution in [3.05, 3.63) is 0 Å². The SMILES string of the molecule is CCN(C1CCCCC1)S(=O)(=O)CC#N. The molecule has 1 aliphatic rings. The second-order valence-electron chi connectivity index (χ2n) is 3.91. The van der Waals surface area contributed by atoms with Crippen LogP contribution >= 0.6 is 0 Å². The third-order valence-corrected chi connectivity index (χ3v) is 4.66. The second kappa shape index (κ2) is 5.47. The van der Waals surface area contributed by atoms with Gasteiger partial charge in [-0.2, -0.15) is 9.57 Å². The van der Waals surface area contributed by atoms with Gasteiger partial charge in [0.1, 0.15) is 0 Å². The molecule has 0 saturated heterocycles. The Bertz CT molecular complexity index is 326. The van der Waals surface area contributed by atoms with Crippen LogP contribution in [0.2, 0.25) is 0 Å². The fraction of sp³-hybridized carbons (Fsp3) is 0.900. The van der Waals surface area contributed by atoms with Crippen LogP contribution in [0.3, 0.4) is 0 Å². The largest absolute Gasteiger partial charge is 0.227 e. The van der Waals surface area contributed by atoms with Gasteiger partial charge in [-0.3, -0.25) is 0 Å². The zero-order valence-electron chi connectivity index (χ0n) is 9.15. The summed E-state index contributed by atoms with van der Waals surface area (Å²) in [6, 6.07) is 1.86. The highest BCUT2D eigenvalue weighted by Gasteiger charge is 2.29. The number of hydrogen-bond acceptors (Lipinski definition) is 3. The van der Waals surface area contributed by atoms with Crippen LogP contribution in [0.5, 0.6) is 0 Å². The average Bonchev–Trinajstić information content (AvgIpc) is 2.19. The summed E-state index contributed by atoms with van der Waals surface area (Å²) in [7, 11) is -3.35. The highest BCUT2D eigenvalue weighted by molar-refractivity contribution is 7.89. The molecule has 5 heteroatoms. The summed E-state index contributed by atoms with van der Waals surface area (Å²) < 4.78 is 25.0. The van der Waals surface area contributed by atoms with Gasteiger partial charge in [0.2, 0.25) is 10.0 Å². The number of nitrogens with zero attached hydrogens (tertiary/aromatic N) is 2. The summed E-state index contributed by atoms with van der Waals surface area (Å²) in [5.74, 6) is -0.392. The molecule has 0 aromatic rings. The van der Waals surface area contributed by atoms with Gasteiger partial charge in [-0.15, -0.1) is 0 Å². The number of rotatable bonds is 4. The van der Waals surface area contributed by atoms with E-state index in [1.807, 2.05) is 6.92 Å². The Labute approximate surface area is 91.9 Å². The van der Waals surface area contributed by atoms with E-state index >= 15 is 0 Å². The molecule has 0 amide bonds. The predicted octanol–water partition coefficient (Wildman–Crippen LogP) is 1.49. The smallest absolute Gasteiger partial charge is 0.211 e. The summed E-state index contributed by atoms with van der Waals surface area (Å²) >= 11 is 0. The molecule has 15 heavy (non-hydrogen) atoms. The van der Waals surface area contributed by atoms with Crippen molar-refractivity contribution >= 4 is 10.0 Å². The third kappa shape index (κ3) is 3.18. The molecule has 0 aromatic carbocycles. The van der Waals surface area contributed by atoms with Crippen LogP contribution in [-0.4, -0.2) is 31.1 Å². The molecule has 1 saturated carbocycles. The van der Waals surface area contributed by atoms with Gasteiger partial charge in [0, 0.05) is 12.6 Å². The van der Waals surface area contributed by atoms with Gasteiger partial charge in [0.05, 0.1) is 6.07 Å². The number of nitriles is 1. The van der Waals surface area contributed by atoms with Gasteiger partial charge >= 0.3 is 0 Å². The Morgan fingerprint density at radius 1 is 1.33 bits per heavy atom. The predicted molar refractivity (Wildman–Crippen MR) is 58.7 cm³/mol. The first-order valence-electron chi connectivity index (χ1n) is 5.48. The van der Waals surface area contributed by atoms with E-state index in [1.54, 1.807) is 6.07 Å². The lowest BCUT2D eigenvalue weighted by Gasteiger charge is -2.31. The van der Waals surface area contributed by atoms with Crippen LogP contribution in [-0.2, 0) is 10.0 Å². The molecule has 0 aromatic heterocycles. The maximum atomic E-state index is 11.8. The van der Waals surface area contributed by atoms with Crippen LogP contribution in [0.25, 0.3) is 0 Å². The molecule has 0 radical (unpaired) electrons. The van der Waals surface area contributed by atoms with E-state index < -0.39 is 15.8 Å². The zero-order chi connectivity index (χ0) is 11.3. The Morgan fingerprint density at radius 2 is 1.93 bits per heavy atom. The highest BCUT2D eigenvalue weighted by Crippen LogP contribution is 2.24. The summed E-state index contributed by atoms with van der Waals surface area (Å²) in [5.41, 5.74) is 0. The van der Waals surface area contributed by atoms with Crippen LogP contribution in [0.15, 0.2) is 0 Å². The van der Waals surface area contributed by atoms with Crippen LogP contribution in [0, 0.1) is 11.3 Å². The van der Waals surface area contributed by atoms with Crippen molar-refractivity contribution < 1.29 is 8.42 Å². The molecule has 86 valence electrons. The maximum absolute atomic E-state index is 11.8. The first kappa shape index (κ1) is 12.5. The Kier molecular flexibility index (Phi) is 4.55. The molecule has 1 rings (SSSR count). The maximum Gasteiger partial charge on any atom is 0.227 e. The van der Waals surface area contributed by atoms with Crippen molar-refractivity contribution in [3.8, 4) is 6.07 Å². The van der Waals surface area contributed by atoms with Gasteiger partial charge in [-0.1, -0.05) is 26.2 Å². The summed E-state index contributed by atoms with van der Waals surface area (Å²) in [4.78, 5) is 0. The molecule has 0 spiro atoms. The zero-order valence-corrected chi connectivity index (χ0v) is 9.96. The lowest BCUT2D eigenvalue weighted by atomic mass is 9.95. The number of hydrogen-bond donors (Lipinski definition) is 0. The third-order valence-electron chi connectivity index (χ3n) is 2.90. The molecular weight excluding hydrogens is 212 g/mol. The van der Waals surface area contributed by atoms with Crippen LogP contribution in [0.4, 0.5) is 0 Å². The summed E-state index contributed by atoms with van der Waals surface area (Å²) in [6.07, 6.45) is 5.29. The molecular formula is C10H18N2O2S. The van der Waals surface area contributed by atoms with Crippen molar-refractivity contribution in [2.45, 2.75) is 45.1 Å². The standard InChI is InChI=1S/C10H18N2O2S/c1-2-12(15(13,14)9-8-11)10-6-4-3-5-7-10/h10H,2-7,9H2,1H3. The molecule has 0 N–H and O–H groups in total. The fourth-order valence-corrected chi connectivity index (χ4v) is 3.60. The summed E-state index contributed by atoms with van der Waals surface area (Å²) in [6.45, 7) is 2.32. The first-order chi connectivity index (χ1) is 7.11. The molecule has 0 bridgehead atoms. The van der Waals surface area contributed by atoms with Crippen molar-refractivity contribution in [1.29, 1.82) is 5.26 Å². The average molecular weight is 230 g/mol. The molecule has 1 fully saturated rings. The van der Waals surface area contributed by atoms with Crippen LogP contribution in [0.1, 0.15) is 39.0 Å². The van der Waals surface area contributed by atoms with Crippen molar-refractivity contribution in [2.24, 2.45) is 0 Å². The van der Waals surface area contributed by atoms with Crippen molar-refractivity contribution in [1.82, 2.24) is 4.31 Å². The molecule has 0 heterocycles. The second-order valence-corrected chi connectivity index (χ2v) is 5.83. The van der Waals surface area contributed by atoms with E-state index in [-0.39, 0.29) is 6.04 Å². The lowest BCUT2D eigenvalue weighted by Crippen LogP contribution is -2.42. The van der Waals surface area contributed by atoms with E-state index in [2.05, 4.69) is 0 Å². The van der Waals surface area contributed by atoms with Gasteiger partial charge in [-0.25, -0.2) is 8.42 Å². The molecule has 1 aliphatic carbocycles. The van der Waals surface area contributed by atoms with E-state index in [1.165, 1.54) is 10.7 Å². The minimum Gasteiger partial charge on any atom is -0.211 e. The number of sulfonamides is 1. The minimum atomic E-state index is -3.35. The Balaban J connectivity index is 2.74. The normalized spacial score (nSPS) is 19.0. The lowest BCUT2D eigenvalue weighted by molar-refractivity contribution is 0.262. The van der Waals surface area contributed by atoms with Gasteiger partial charge < -0.3 is 0 Å². The Morgan fingerprint density at radius 3 is 2.40 bits per heavy atom. The van der Waals surface area contributed by atoms with E-state index in [4.69, 9.17) is 5.26 Å². The van der Waals surface area contributed by atoms with Crippen molar-refractivity contribution in [3.63, 3.8) is 0 Å². The first-order valence-corrected chi connectivity index (χ1v) is 7.09. The fourth-order valence-electron chi connectivity index (χ4n) is 2.22. The van der Waals surface area contributed by atoms with E-state index in [9.17, 15) is 8.42 Å². The van der Waals surface area contributed by atoms with Crippen LogP contribution < -0.4 is 0 Å². The molecule has 0 atom stereocenters. The molecule has 4 nitrogen and oxygen atoms in total. The van der Waals surface area contributed by atoms with Gasteiger partial charge in [0.15, 0.2) is 5.75 Å². The van der Waals surface area contributed by atoms with Gasteiger partial charge in [-0.05, 0) is 12.8 Å². The highest BCUT2D eigenvalue weighted by atomic mass is 32.2. The summed E-state index contributed by atoms with van der Waals surface area (Å²) in [5, 5.41) is 8.49. The monoisotopic (exact) mass is 230 g/mol. The quantitative estimate of drug-likeness (QED) is 0.735. The van der Waals surface area contributed by atoms with E-state index in [0.717, 1.165) is 25.7 Å². The van der Waals surface area contributed by atoms with Crippen molar-refractivity contribution in [2.75, 3.05) is 12.3 Å². The van der Waals surface area contributed by atoms with E-state index in [0.29, 0.717) is 6.54 Å². The molecule has 0 aliphatic heterocycles. The Hall–Kier alpha value is -0.600. The molecule has 0 unspecified atom stereocenters.